The maximum absolute atomic E-state index is 11.9. The number of rotatable bonds is 2. The van der Waals surface area contributed by atoms with E-state index in [9.17, 15) is 4.79 Å². The monoisotopic (exact) mass is 239 g/mol. The molecule has 1 N–H and O–H groups in total. The zero-order chi connectivity index (χ0) is 11.8. The highest BCUT2D eigenvalue weighted by molar-refractivity contribution is 7.07. The molecule has 1 aromatic heterocycles. The Morgan fingerprint density at radius 1 is 1.56 bits per heavy atom. The molecule has 0 bridgehead atoms. The standard InChI is InChI=1S/C11H17N3OS/c1-7-9(16-14-13-7)10(15)12-8-4-5-11(2,3)6-8/h8H,4-6H2,1-3H3,(H,12,15). The fourth-order valence-electron chi connectivity index (χ4n) is 2.25. The summed E-state index contributed by atoms with van der Waals surface area (Å²) in [5.41, 5.74) is 1.08. The highest BCUT2D eigenvalue weighted by Crippen LogP contribution is 2.37. The van der Waals surface area contributed by atoms with Gasteiger partial charge in [-0.3, -0.25) is 4.79 Å². The molecule has 0 aliphatic heterocycles. The number of aryl methyl sites for hydroxylation is 1. The van der Waals surface area contributed by atoms with Crippen molar-refractivity contribution in [3.63, 3.8) is 0 Å². The van der Waals surface area contributed by atoms with Crippen molar-refractivity contribution in [3.05, 3.63) is 10.6 Å². The van der Waals surface area contributed by atoms with Crippen LogP contribution in [0.2, 0.25) is 0 Å². The van der Waals surface area contributed by atoms with Crippen LogP contribution in [0.15, 0.2) is 0 Å². The molecule has 88 valence electrons. The van der Waals surface area contributed by atoms with E-state index >= 15 is 0 Å². The average Bonchev–Trinajstić information content (AvgIpc) is 2.72. The molecule has 0 saturated heterocycles. The van der Waals surface area contributed by atoms with Gasteiger partial charge < -0.3 is 5.32 Å². The zero-order valence-corrected chi connectivity index (χ0v) is 10.7. The minimum Gasteiger partial charge on any atom is -0.348 e. The number of nitrogens with one attached hydrogen (secondary N) is 1. The molecule has 1 atom stereocenters. The van der Waals surface area contributed by atoms with Gasteiger partial charge in [0.05, 0.1) is 5.69 Å². The van der Waals surface area contributed by atoms with E-state index in [1.807, 2.05) is 6.92 Å². The second kappa shape index (κ2) is 4.13. The van der Waals surface area contributed by atoms with Crippen molar-refractivity contribution in [3.8, 4) is 0 Å². The molecule has 0 radical (unpaired) electrons. The Kier molecular flexibility index (Phi) is 2.97. The largest absolute Gasteiger partial charge is 0.348 e. The first-order valence-corrected chi connectivity index (χ1v) is 6.35. The first kappa shape index (κ1) is 11.5. The number of aromatic nitrogens is 2. The summed E-state index contributed by atoms with van der Waals surface area (Å²) in [4.78, 5) is 12.6. The Morgan fingerprint density at radius 2 is 2.31 bits per heavy atom. The maximum atomic E-state index is 11.9. The van der Waals surface area contributed by atoms with Crippen molar-refractivity contribution < 1.29 is 4.79 Å². The molecular formula is C11H17N3OS. The van der Waals surface area contributed by atoms with Gasteiger partial charge in [-0.2, -0.15) is 0 Å². The molecule has 1 saturated carbocycles. The molecule has 4 nitrogen and oxygen atoms in total. The molecule has 1 aromatic rings. The molecule has 1 amide bonds. The van der Waals surface area contributed by atoms with Gasteiger partial charge in [-0.25, -0.2) is 0 Å². The van der Waals surface area contributed by atoms with Crippen LogP contribution in [0.5, 0.6) is 0 Å². The average molecular weight is 239 g/mol. The SMILES string of the molecule is Cc1nnsc1C(=O)NC1CCC(C)(C)C1. The van der Waals surface area contributed by atoms with Gasteiger partial charge in [0.1, 0.15) is 4.88 Å². The minimum atomic E-state index is -0.0183. The van der Waals surface area contributed by atoms with Crippen LogP contribution < -0.4 is 5.32 Å². The second-order valence-electron chi connectivity index (χ2n) is 5.26. The highest BCUT2D eigenvalue weighted by atomic mass is 32.1. The lowest BCUT2D eigenvalue weighted by molar-refractivity contribution is 0.0939. The van der Waals surface area contributed by atoms with Crippen molar-refractivity contribution in [2.45, 2.75) is 46.1 Å². The Labute approximate surface area is 99.6 Å². The molecule has 0 aromatic carbocycles. The first-order valence-electron chi connectivity index (χ1n) is 5.58. The summed E-state index contributed by atoms with van der Waals surface area (Å²) in [5.74, 6) is -0.0183. The number of carbonyl (C=O) groups excluding carboxylic acids is 1. The lowest BCUT2D eigenvalue weighted by Crippen LogP contribution is -2.33. The number of hydrogen-bond acceptors (Lipinski definition) is 4. The van der Waals surface area contributed by atoms with Crippen LogP contribution in [-0.4, -0.2) is 21.5 Å². The van der Waals surface area contributed by atoms with Crippen LogP contribution in [0.3, 0.4) is 0 Å². The van der Waals surface area contributed by atoms with E-state index < -0.39 is 0 Å². The van der Waals surface area contributed by atoms with Crippen LogP contribution in [-0.2, 0) is 0 Å². The smallest absolute Gasteiger partial charge is 0.265 e. The lowest BCUT2D eigenvalue weighted by Gasteiger charge is -2.17. The van der Waals surface area contributed by atoms with Crippen LogP contribution in [0.25, 0.3) is 0 Å². The van der Waals surface area contributed by atoms with Crippen LogP contribution in [0.4, 0.5) is 0 Å². The van der Waals surface area contributed by atoms with Crippen LogP contribution in [0.1, 0.15) is 48.5 Å². The predicted molar refractivity (Wildman–Crippen MR) is 63.5 cm³/mol. The van der Waals surface area contributed by atoms with Gasteiger partial charge in [-0.15, -0.1) is 5.10 Å². The Bertz CT molecular complexity index is 400. The predicted octanol–water partition coefficient (Wildman–Crippen LogP) is 2.16. The van der Waals surface area contributed by atoms with Gasteiger partial charge in [0.25, 0.3) is 5.91 Å². The lowest BCUT2D eigenvalue weighted by atomic mass is 9.92. The van der Waals surface area contributed by atoms with Gasteiger partial charge in [0.2, 0.25) is 0 Å². The van der Waals surface area contributed by atoms with Crippen molar-refractivity contribution in [1.29, 1.82) is 0 Å². The van der Waals surface area contributed by atoms with Crippen molar-refractivity contribution in [2.24, 2.45) is 5.41 Å². The highest BCUT2D eigenvalue weighted by Gasteiger charge is 2.32. The summed E-state index contributed by atoms with van der Waals surface area (Å²) in [5, 5.41) is 6.92. The summed E-state index contributed by atoms with van der Waals surface area (Å²) >= 11 is 1.17. The van der Waals surface area contributed by atoms with E-state index in [0.717, 1.165) is 18.5 Å². The third-order valence-electron chi connectivity index (χ3n) is 3.16. The third-order valence-corrected chi connectivity index (χ3v) is 3.99. The fraction of sp³-hybridized carbons (Fsp3) is 0.727. The van der Waals surface area contributed by atoms with Gasteiger partial charge in [0, 0.05) is 6.04 Å². The molecule has 16 heavy (non-hydrogen) atoms. The maximum Gasteiger partial charge on any atom is 0.265 e. The number of carbonyl (C=O) groups is 1. The van der Waals surface area contributed by atoms with Gasteiger partial charge >= 0.3 is 0 Å². The Balaban J connectivity index is 1.97. The van der Waals surface area contributed by atoms with Gasteiger partial charge in [-0.1, -0.05) is 18.3 Å². The molecular weight excluding hydrogens is 222 g/mol. The van der Waals surface area contributed by atoms with E-state index in [0.29, 0.717) is 16.3 Å². The van der Waals surface area contributed by atoms with E-state index in [4.69, 9.17) is 0 Å². The number of hydrogen-bond donors (Lipinski definition) is 1. The molecule has 0 spiro atoms. The summed E-state index contributed by atoms with van der Waals surface area (Å²) in [6, 6.07) is 0.309. The van der Waals surface area contributed by atoms with E-state index in [2.05, 4.69) is 28.8 Å². The quantitative estimate of drug-likeness (QED) is 0.860. The van der Waals surface area contributed by atoms with Crippen molar-refractivity contribution in [1.82, 2.24) is 14.9 Å². The Morgan fingerprint density at radius 3 is 2.81 bits per heavy atom. The molecule has 1 aliphatic carbocycles. The topological polar surface area (TPSA) is 54.9 Å². The molecule has 1 unspecified atom stereocenters. The molecule has 1 aliphatic rings. The van der Waals surface area contributed by atoms with Crippen LogP contribution >= 0.6 is 11.5 Å². The number of amides is 1. The van der Waals surface area contributed by atoms with Crippen LogP contribution in [0, 0.1) is 12.3 Å². The van der Waals surface area contributed by atoms with Gasteiger partial charge in [0.15, 0.2) is 0 Å². The second-order valence-corrected chi connectivity index (χ2v) is 6.02. The van der Waals surface area contributed by atoms with E-state index in [1.165, 1.54) is 18.0 Å². The molecule has 5 heteroatoms. The van der Waals surface area contributed by atoms with E-state index in [-0.39, 0.29) is 5.91 Å². The minimum absolute atomic E-state index is 0.0183. The molecule has 2 rings (SSSR count). The molecule has 1 heterocycles. The summed E-state index contributed by atoms with van der Waals surface area (Å²) in [6.45, 7) is 6.31. The van der Waals surface area contributed by atoms with E-state index in [1.54, 1.807) is 0 Å². The summed E-state index contributed by atoms with van der Waals surface area (Å²) < 4.78 is 3.78. The molecule has 1 fully saturated rings. The summed E-state index contributed by atoms with van der Waals surface area (Å²) in [7, 11) is 0. The fourth-order valence-corrected chi connectivity index (χ4v) is 2.81. The number of nitrogens with zero attached hydrogens (tertiary/aromatic N) is 2. The normalized spacial score (nSPS) is 23.3. The van der Waals surface area contributed by atoms with Crippen molar-refractivity contribution in [2.75, 3.05) is 0 Å². The first-order chi connectivity index (χ1) is 7.48. The third kappa shape index (κ3) is 2.40. The Hall–Kier alpha value is -0.970. The van der Waals surface area contributed by atoms with Crippen molar-refractivity contribution >= 4 is 17.4 Å². The zero-order valence-electron chi connectivity index (χ0n) is 9.91. The van der Waals surface area contributed by atoms with Gasteiger partial charge in [-0.05, 0) is 43.1 Å². The summed E-state index contributed by atoms with van der Waals surface area (Å²) in [6.07, 6.45) is 3.31.